The summed E-state index contributed by atoms with van der Waals surface area (Å²) in [6.07, 6.45) is 1.28. The molecule has 2 N–H and O–H groups in total. The van der Waals surface area contributed by atoms with Crippen LogP contribution in [0.15, 0.2) is 30.6 Å². The third-order valence-electron chi connectivity index (χ3n) is 3.32. The summed E-state index contributed by atoms with van der Waals surface area (Å²) in [6.45, 7) is 0.0246. The van der Waals surface area contributed by atoms with Gasteiger partial charge in [0.25, 0.3) is 0 Å². The summed E-state index contributed by atoms with van der Waals surface area (Å²) < 4.78 is 24.3. The van der Waals surface area contributed by atoms with Crippen LogP contribution in [0.4, 0.5) is 5.69 Å². The van der Waals surface area contributed by atoms with Gasteiger partial charge in [0, 0.05) is 13.0 Å². The number of nitrogens with two attached hydrogens (primary N) is 1. The van der Waals surface area contributed by atoms with Gasteiger partial charge in [-0.3, -0.25) is 4.79 Å². The summed E-state index contributed by atoms with van der Waals surface area (Å²) in [7, 11) is -3.75. The van der Waals surface area contributed by atoms with Gasteiger partial charge in [-0.15, -0.1) is 5.10 Å². The molecule has 0 bridgehead atoms. The van der Waals surface area contributed by atoms with Gasteiger partial charge in [-0.2, -0.15) is 4.68 Å². The van der Waals surface area contributed by atoms with E-state index in [1.165, 1.54) is 15.9 Å². The van der Waals surface area contributed by atoms with E-state index in [4.69, 9.17) is 5.14 Å². The number of sulfonamides is 1. The number of para-hydroxylation sites is 2. The summed E-state index contributed by atoms with van der Waals surface area (Å²) >= 11 is 0. The van der Waals surface area contributed by atoms with Gasteiger partial charge in [-0.25, -0.2) is 13.6 Å². The van der Waals surface area contributed by atoms with E-state index >= 15 is 0 Å². The average molecular weight is 308 g/mol. The topological polar surface area (TPSA) is 124 Å². The zero-order chi connectivity index (χ0) is 15.0. The number of carbonyl (C=O) groups excluding carboxylic acids is 1. The minimum absolute atomic E-state index is 0.0246. The lowest BCUT2D eigenvalue weighted by molar-refractivity contribution is -0.117. The maximum absolute atomic E-state index is 12.1. The molecule has 0 saturated carbocycles. The lowest BCUT2D eigenvalue weighted by Crippen LogP contribution is -2.32. The Morgan fingerprint density at radius 2 is 1.95 bits per heavy atom. The lowest BCUT2D eigenvalue weighted by Gasteiger charge is -2.19. The molecule has 1 amide bonds. The second-order valence-corrected chi connectivity index (χ2v) is 6.51. The third-order valence-corrected chi connectivity index (χ3v) is 4.57. The zero-order valence-electron chi connectivity index (χ0n) is 10.8. The van der Waals surface area contributed by atoms with E-state index in [9.17, 15) is 13.2 Å². The van der Waals surface area contributed by atoms with Crippen LogP contribution in [0.3, 0.4) is 0 Å². The van der Waals surface area contributed by atoms with Gasteiger partial charge in [-0.1, -0.05) is 12.1 Å². The number of carbonyl (C=O) groups is 1. The number of anilines is 1. The second kappa shape index (κ2) is 4.90. The van der Waals surface area contributed by atoms with Gasteiger partial charge in [0.15, 0.2) is 0 Å². The highest BCUT2D eigenvalue weighted by Crippen LogP contribution is 2.29. The molecule has 10 heteroatoms. The number of benzene rings is 1. The van der Waals surface area contributed by atoms with E-state index in [1.807, 2.05) is 0 Å². The van der Waals surface area contributed by atoms with Crippen molar-refractivity contribution in [2.24, 2.45) is 5.14 Å². The Labute approximate surface area is 120 Å². The van der Waals surface area contributed by atoms with E-state index in [2.05, 4.69) is 15.5 Å². The summed E-state index contributed by atoms with van der Waals surface area (Å²) in [6, 6.07) is 6.97. The molecular weight excluding hydrogens is 296 g/mol. The predicted octanol–water partition coefficient (Wildman–Crippen LogP) is -0.944. The Bertz CT molecular complexity index is 773. The van der Waals surface area contributed by atoms with Crippen LogP contribution in [0.2, 0.25) is 0 Å². The Morgan fingerprint density at radius 3 is 2.52 bits per heavy atom. The zero-order valence-corrected chi connectivity index (χ0v) is 11.6. The number of hydrogen-bond acceptors (Lipinski definition) is 6. The van der Waals surface area contributed by atoms with Gasteiger partial charge in [0.1, 0.15) is 11.6 Å². The van der Waals surface area contributed by atoms with Gasteiger partial charge in [-0.05, 0) is 22.6 Å². The molecule has 21 heavy (non-hydrogen) atoms. The molecular formula is C11H12N6O3S. The number of primary sulfonamides is 1. The summed E-state index contributed by atoms with van der Waals surface area (Å²) in [4.78, 5) is 13.5. The maximum atomic E-state index is 12.1. The van der Waals surface area contributed by atoms with E-state index in [1.54, 1.807) is 24.3 Å². The molecule has 110 valence electrons. The van der Waals surface area contributed by atoms with Crippen LogP contribution in [0.1, 0.15) is 6.42 Å². The number of amides is 1. The number of hydrogen-bond donors (Lipinski definition) is 1. The average Bonchev–Trinajstić information content (AvgIpc) is 3.07. The molecule has 1 atom stereocenters. The maximum Gasteiger partial charge on any atom is 0.228 e. The van der Waals surface area contributed by atoms with Crippen molar-refractivity contribution in [3.63, 3.8) is 0 Å². The first-order valence-corrected chi connectivity index (χ1v) is 7.72. The van der Waals surface area contributed by atoms with Crippen molar-refractivity contribution < 1.29 is 13.2 Å². The number of tetrazole rings is 1. The van der Waals surface area contributed by atoms with Crippen LogP contribution < -0.4 is 10.0 Å². The van der Waals surface area contributed by atoms with Gasteiger partial charge in [0.2, 0.25) is 15.9 Å². The molecule has 1 saturated heterocycles. The van der Waals surface area contributed by atoms with Crippen LogP contribution in [0.5, 0.6) is 0 Å². The van der Waals surface area contributed by atoms with Crippen LogP contribution >= 0.6 is 0 Å². The van der Waals surface area contributed by atoms with Crippen molar-refractivity contribution >= 4 is 21.6 Å². The smallest absolute Gasteiger partial charge is 0.228 e. The quantitative estimate of drug-likeness (QED) is 0.780. The fourth-order valence-electron chi connectivity index (χ4n) is 2.29. The van der Waals surface area contributed by atoms with E-state index in [-0.39, 0.29) is 18.9 Å². The molecule has 2 aromatic rings. The third kappa shape index (κ3) is 2.50. The van der Waals surface area contributed by atoms with E-state index in [0.29, 0.717) is 11.4 Å². The minimum Gasteiger partial charge on any atom is -0.309 e. The van der Waals surface area contributed by atoms with Crippen molar-refractivity contribution in [2.75, 3.05) is 11.4 Å². The summed E-state index contributed by atoms with van der Waals surface area (Å²) in [5.74, 6) is -0.297. The highest BCUT2D eigenvalue weighted by Gasteiger charge is 2.38. The van der Waals surface area contributed by atoms with Gasteiger partial charge < -0.3 is 4.90 Å². The van der Waals surface area contributed by atoms with Crippen LogP contribution in [-0.4, -0.2) is 46.3 Å². The van der Waals surface area contributed by atoms with Crippen LogP contribution in [0, 0.1) is 0 Å². The molecule has 0 aliphatic carbocycles. The normalized spacial score (nSPS) is 19.2. The van der Waals surface area contributed by atoms with Crippen molar-refractivity contribution in [1.82, 2.24) is 20.2 Å². The monoisotopic (exact) mass is 308 g/mol. The molecule has 2 heterocycles. The Balaban J connectivity index is 2.01. The lowest BCUT2D eigenvalue weighted by atomic mass is 10.2. The minimum atomic E-state index is -3.75. The van der Waals surface area contributed by atoms with Crippen molar-refractivity contribution in [3.8, 4) is 5.69 Å². The molecule has 0 spiro atoms. The second-order valence-electron chi connectivity index (χ2n) is 4.66. The summed E-state index contributed by atoms with van der Waals surface area (Å²) in [5.41, 5.74) is 1.13. The first-order chi connectivity index (χ1) is 9.97. The van der Waals surface area contributed by atoms with Crippen molar-refractivity contribution in [1.29, 1.82) is 0 Å². The number of aromatic nitrogens is 4. The Kier molecular flexibility index (Phi) is 3.18. The molecule has 1 aliphatic heterocycles. The number of nitrogens with zero attached hydrogens (tertiary/aromatic N) is 5. The number of rotatable bonds is 3. The Morgan fingerprint density at radius 1 is 1.24 bits per heavy atom. The summed E-state index contributed by atoms with van der Waals surface area (Å²) in [5, 5.41) is 15.1. The van der Waals surface area contributed by atoms with Crippen molar-refractivity contribution in [3.05, 3.63) is 30.6 Å². The largest absolute Gasteiger partial charge is 0.309 e. The predicted molar refractivity (Wildman–Crippen MR) is 73.0 cm³/mol. The fraction of sp³-hybridized carbons (Fsp3) is 0.273. The van der Waals surface area contributed by atoms with Gasteiger partial charge in [0.05, 0.1) is 11.4 Å². The Hall–Kier alpha value is -2.33. The molecule has 1 aromatic heterocycles. The molecule has 0 radical (unpaired) electrons. The first-order valence-electron chi connectivity index (χ1n) is 6.11. The van der Waals surface area contributed by atoms with Gasteiger partial charge >= 0.3 is 0 Å². The molecule has 1 unspecified atom stereocenters. The highest BCUT2D eigenvalue weighted by atomic mass is 32.2. The molecule has 1 aromatic carbocycles. The molecule has 1 aliphatic rings. The first kappa shape index (κ1) is 13.6. The molecule has 3 rings (SSSR count). The van der Waals surface area contributed by atoms with Crippen LogP contribution in [-0.2, 0) is 14.8 Å². The fourth-order valence-corrected chi connectivity index (χ4v) is 3.02. The van der Waals surface area contributed by atoms with E-state index < -0.39 is 15.3 Å². The van der Waals surface area contributed by atoms with Crippen molar-refractivity contribution in [2.45, 2.75) is 11.7 Å². The molecule has 1 fully saturated rings. The standard InChI is InChI=1S/C11H12N6O3S/c12-21(19,20)8-5-11(18)16(6-8)9-3-1-2-4-10(9)17-7-13-14-15-17/h1-4,7-8H,5-6H2,(H2,12,19,20). The SMILES string of the molecule is NS(=O)(=O)C1CC(=O)N(c2ccccc2-n2cnnn2)C1. The highest BCUT2D eigenvalue weighted by molar-refractivity contribution is 7.89. The van der Waals surface area contributed by atoms with E-state index in [0.717, 1.165) is 0 Å². The van der Waals surface area contributed by atoms with Crippen LogP contribution in [0.25, 0.3) is 5.69 Å². The molecule has 9 nitrogen and oxygen atoms in total.